The van der Waals surface area contributed by atoms with Gasteiger partial charge in [-0.25, -0.2) is 4.98 Å². The summed E-state index contributed by atoms with van der Waals surface area (Å²) in [4.78, 5) is 15.4. The van der Waals surface area contributed by atoms with Crippen LogP contribution in [0.2, 0.25) is 0 Å². The van der Waals surface area contributed by atoms with Gasteiger partial charge in [0.05, 0.1) is 0 Å². The summed E-state index contributed by atoms with van der Waals surface area (Å²) >= 11 is 3.39. The molecule has 1 rings (SSSR count). The fraction of sp³-hybridized carbons (Fsp3) is 0.455. The van der Waals surface area contributed by atoms with Gasteiger partial charge in [0.1, 0.15) is 5.82 Å². The van der Waals surface area contributed by atoms with Crippen LogP contribution in [0.5, 0.6) is 0 Å². The lowest BCUT2D eigenvalue weighted by atomic mass is 10.3. The van der Waals surface area contributed by atoms with Gasteiger partial charge in [-0.3, -0.25) is 4.79 Å². The van der Waals surface area contributed by atoms with Crippen LogP contribution in [0.15, 0.2) is 16.7 Å². The highest BCUT2D eigenvalue weighted by Gasteiger charge is 2.01. The molecule has 0 aliphatic carbocycles. The van der Waals surface area contributed by atoms with Gasteiger partial charge in [0.25, 0.3) is 0 Å². The van der Waals surface area contributed by atoms with Gasteiger partial charge in [-0.05, 0) is 41.4 Å². The third-order valence-electron chi connectivity index (χ3n) is 2.08. The first kappa shape index (κ1) is 13.0. The molecule has 88 valence electrons. The fourth-order valence-corrected chi connectivity index (χ4v) is 1.44. The molecule has 0 atom stereocenters. The van der Waals surface area contributed by atoms with E-state index in [1.807, 2.05) is 19.9 Å². The van der Waals surface area contributed by atoms with Crippen molar-refractivity contribution in [1.29, 1.82) is 0 Å². The molecule has 1 amide bonds. The number of halogens is 1. The number of nitrogens with one attached hydrogen (secondary N) is 2. The second kappa shape index (κ2) is 6.48. The Labute approximate surface area is 104 Å². The van der Waals surface area contributed by atoms with Crippen LogP contribution < -0.4 is 10.6 Å². The Hall–Kier alpha value is -1.10. The molecule has 16 heavy (non-hydrogen) atoms. The number of hydrogen-bond acceptors (Lipinski definition) is 3. The number of carbonyl (C=O) groups excluding carboxylic acids is 1. The average Bonchev–Trinajstić information content (AvgIpc) is 2.24. The number of pyridine rings is 1. The Morgan fingerprint density at radius 1 is 1.56 bits per heavy atom. The molecule has 0 saturated carbocycles. The SMILES string of the molecule is CCNC(=O)CCNc1cc(C)c(Br)cn1. The number of carbonyl (C=O) groups is 1. The second-order valence-corrected chi connectivity index (χ2v) is 4.30. The highest BCUT2D eigenvalue weighted by Crippen LogP contribution is 2.16. The van der Waals surface area contributed by atoms with Crippen molar-refractivity contribution in [2.24, 2.45) is 0 Å². The van der Waals surface area contributed by atoms with Gasteiger partial charge >= 0.3 is 0 Å². The van der Waals surface area contributed by atoms with E-state index < -0.39 is 0 Å². The van der Waals surface area contributed by atoms with Crippen LogP contribution in [0.25, 0.3) is 0 Å². The third-order valence-corrected chi connectivity index (χ3v) is 2.91. The quantitative estimate of drug-likeness (QED) is 0.871. The maximum absolute atomic E-state index is 11.2. The Morgan fingerprint density at radius 2 is 2.31 bits per heavy atom. The first-order chi connectivity index (χ1) is 7.63. The molecule has 4 nitrogen and oxygen atoms in total. The number of aromatic nitrogens is 1. The fourth-order valence-electron chi connectivity index (χ4n) is 1.23. The van der Waals surface area contributed by atoms with Crippen molar-refractivity contribution < 1.29 is 4.79 Å². The lowest BCUT2D eigenvalue weighted by molar-refractivity contribution is -0.120. The third kappa shape index (κ3) is 4.18. The summed E-state index contributed by atoms with van der Waals surface area (Å²) in [5, 5.41) is 5.85. The molecule has 0 aliphatic heterocycles. The average molecular weight is 286 g/mol. The second-order valence-electron chi connectivity index (χ2n) is 3.45. The van der Waals surface area contributed by atoms with E-state index in [-0.39, 0.29) is 5.91 Å². The molecule has 0 bridgehead atoms. The van der Waals surface area contributed by atoms with Gasteiger partial charge in [-0.2, -0.15) is 0 Å². The van der Waals surface area contributed by atoms with Crippen molar-refractivity contribution in [1.82, 2.24) is 10.3 Å². The number of amides is 1. The Morgan fingerprint density at radius 3 is 2.94 bits per heavy atom. The molecule has 2 N–H and O–H groups in total. The van der Waals surface area contributed by atoms with Crippen LogP contribution in [0.3, 0.4) is 0 Å². The molecule has 5 heteroatoms. The minimum Gasteiger partial charge on any atom is -0.370 e. The summed E-state index contributed by atoms with van der Waals surface area (Å²) in [7, 11) is 0. The van der Waals surface area contributed by atoms with Gasteiger partial charge in [-0.15, -0.1) is 0 Å². The summed E-state index contributed by atoms with van der Waals surface area (Å²) in [6.07, 6.45) is 2.22. The molecule has 0 radical (unpaired) electrons. The van der Waals surface area contributed by atoms with E-state index in [4.69, 9.17) is 0 Å². The largest absolute Gasteiger partial charge is 0.370 e. The minimum atomic E-state index is 0.0591. The molecule has 0 unspecified atom stereocenters. The maximum Gasteiger partial charge on any atom is 0.221 e. The molecule has 1 heterocycles. The summed E-state index contributed by atoms with van der Waals surface area (Å²) in [6.45, 7) is 5.18. The van der Waals surface area contributed by atoms with E-state index >= 15 is 0 Å². The minimum absolute atomic E-state index is 0.0591. The zero-order valence-corrected chi connectivity index (χ0v) is 11.1. The molecule has 0 aliphatic rings. The van der Waals surface area contributed by atoms with Crippen LogP contribution in [0.4, 0.5) is 5.82 Å². The van der Waals surface area contributed by atoms with Gasteiger partial charge < -0.3 is 10.6 Å². The maximum atomic E-state index is 11.2. The molecule has 0 spiro atoms. The van der Waals surface area contributed by atoms with Gasteiger partial charge in [-0.1, -0.05) is 0 Å². The van der Waals surface area contributed by atoms with Crippen LogP contribution in [0, 0.1) is 6.92 Å². The predicted molar refractivity (Wildman–Crippen MR) is 68.5 cm³/mol. The molecular formula is C11H16BrN3O. The molecule has 0 aromatic carbocycles. The van der Waals surface area contributed by atoms with Crippen molar-refractivity contribution >= 4 is 27.7 Å². The zero-order valence-electron chi connectivity index (χ0n) is 9.51. The first-order valence-corrected chi connectivity index (χ1v) is 6.05. The van der Waals surface area contributed by atoms with E-state index in [2.05, 4.69) is 31.5 Å². The smallest absolute Gasteiger partial charge is 0.221 e. The van der Waals surface area contributed by atoms with Crippen molar-refractivity contribution in [2.45, 2.75) is 20.3 Å². The lowest BCUT2D eigenvalue weighted by Crippen LogP contribution is -2.24. The lowest BCUT2D eigenvalue weighted by Gasteiger charge is -2.07. The van der Waals surface area contributed by atoms with Crippen LogP contribution in [-0.2, 0) is 4.79 Å². The number of anilines is 1. The summed E-state index contributed by atoms with van der Waals surface area (Å²) in [6, 6.07) is 1.95. The topological polar surface area (TPSA) is 54.0 Å². The zero-order chi connectivity index (χ0) is 12.0. The molecule has 0 fully saturated rings. The highest BCUT2D eigenvalue weighted by atomic mass is 79.9. The van der Waals surface area contributed by atoms with Gasteiger partial charge in [0.15, 0.2) is 0 Å². The van der Waals surface area contributed by atoms with Crippen molar-refractivity contribution in [3.63, 3.8) is 0 Å². The summed E-state index contributed by atoms with van der Waals surface area (Å²) < 4.78 is 0.988. The van der Waals surface area contributed by atoms with E-state index in [0.717, 1.165) is 15.9 Å². The monoisotopic (exact) mass is 285 g/mol. The Kier molecular flexibility index (Phi) is 5.25. The molecule has 1 aromatic rings. The van der Waals surface area contributed by atoms with Crippen molar-refractivity contribution in [3.8, 4) is 0 Å². The van der Waals surface area contributed by atoms with Crippen molar-refractivity contribution in [3.05, 3.63) is 22.3 Å². The molecule has 0 saturated heterocycles. The predicted octanol–water partition coefficient (Wildman–Crippen LogP) is 2.09. The van der Waals surface area contributed by atoms with Gasteiger partial charge in [0, 0.05) is 30.2 Å². The van der Waals surface area contributed by atoms with Gasteiger partial charge in [0.2, 0.25) is 5.91 Å². The Balaban J connectivity index is 2.37. The standard InChI is InChI=1S/C11H16BrN3O/c1-3-13-11(16)4-5-14-10-6-8(2)9(12)7-15-10/h6-7H,3-5H2,1-2H3,(H,13,16)(H,14,15). The number of aryl methyl sites for hydroxylation is 1. The van der Waals surface area contributed by atoms with Crippen molar-refractivity contribution in [2.75, 3.05) is 18.4 Å². The number of hydrogen-bond donors (Lipinski definition) is 2. The van der Waals surface area contributed by atoms with E-state index in [1.54, 1.807) is 6.20 Å². The van der Waals surface area contributed by atoms with E-state index in [1.165, 1.54) is 0 Å². The van der Waals surface area contributed by atoms with Crippen LogP contribution in [-0.4, -0.2) is 24.0 Å². The molecular weight excluding hydrogens is 270 g/mol. The van der Waals surface area contributed by atoms with Crippen LogP contribution >= 0.6 is 15.9 Å². The number of nitrogens with zero attached hydrogens (tertiary/aromatic N) is 1. The highest BCUT2D eigenvalue weighted by molar-refractivity contribution is 9.10. The molecule has 1 aromatic heterocycles. The Bertz CT molecular complexity index is 368. The first-order valence-electron chi connectivity index (χ1n) is 5.26. The van der Waals surface area contributed by atoms with E-state index in [9.17, 15) is 4.79 Å². The summed E-state index contributed by atoms with van der Waals surface area (Å²) in [5.74, 6) is 0.855. The van der Waals surface area contributed by atoms with E-state index in [0.29, 0.717) is 19.5 Å². The normalized spacial score (nSPS) is 9.94. The summed E-state index contributed by atoms with van der Waals surface area (Å²) in [5.41, 5.74) is 1.12. The number of rotatable bonds is 5. The van der Waals surface area contributed by atoms with Crippen LogP contribution in [0.1, 0.15) is 18.9 Å².